The molecule has 0 radical (unpaired) electrons. The number of aromatic hydroxyl groups is 4. The molecule has 4 N–H and O–H groups in total. The Morgan fingerprint density at radius 2 is 1.14 bits per heavy atom. The van der Waals surface area contributed by atoms with Crippen LogP contribution in [-0.2, 0) is 12.8 Å². The van der Waals surface area contributed by atoms with Crippen LogP contribution in [0.25, 0.3) is 0 Å². The summed E-state index contributed by atoms with van der Waals surface area (Å²) in [6, 6.07) is 6.81. The van der Waals surface area contributed by atoms with Crippen molar-refractivity contribution in [2.24, 2.45) is 11.8 Å². The van der Waals surface area contributed by atoms with E-state index >= 15 is 0 Å². The molecule has 2 aromatic carbocycles. The van der Waals surface area contributed by atoms with Crippen LogP contribution in [0.15, 0.2) is 71.8 Å². The van der Waals surface area contributed by atoms with Gasteiger partial charge in [-0.25, -0.2) is 0 Å². The van der Waals surface area contributed by atoms with Gasteiger partial charge in [-0.2, -0.15) is 0 Å². The van der Waals surface area contributed by atoms with E-state index < -0.39 is 6.85 Å². The highest BCUT2D eigenvalue weighted by Gasteiger charge is 2.31. The first-order valence-electron chi connectivity index (χ1n) is 17.8. The molecule has 0 saturated carbocycles. The van der Waals surface area contributed by atoms with Crippen LogP contribution in [0.5, 0.6) is 23.0 Å². The highest BCUT2D eigenvalue weighted by atomic mass is 16.3. The summed E-state index contributed by atoms with van der Waals surface area (Å²) in [4.78, 5) is 0. The predicted octanol–water partition coefficient (Wildman–Crippen LogP) is 10.1. The van der Waals surface area contributed by atoms with Gasteiger partial charge in [0.15, 0.2) is 0 Å². The maximum atomic E-state index is 10.5. The summed E-state index contributed by atoms with van der Waals surface area (Å²) in [5.74, 6) is -0.645. The minimum Gasteiger partial charge on any atom is -0.507 e. The Labute approximate surface area is 260 Å². The van der Waals surface area contributed by atoms with Crippen molar-refractivity contribution in [1.82, 2.24) is 0 Å². The van der Waals surface area contributed by atoms with Crippen LogP contribution < -0.4 is 0 Å². The first-order valence-corrected chi connectivity index (χ1v) is 15.3. The molecule has 4 nitrogen and oxygen atoms in total. The summed E-state index contributed by atoms with van der Waals surface area (Å²) < 4.78 is 38.2. The molecule has 2 aliphatic carbocycles. The number of aryl methyl sites for hydroxylation is 2. The monoisotopic (exact) mass is 577 g/mol. The average Bonchev–Trinajstić information content (AvgIpc) is 2.96. The number of hydrogen-bond donors (Lipinski definition) is 4. The molecule has 0 aromatic heterocycles. The van der Waals surface area contributed by atoms with Gasteiger partial charge in [0.05, 0.1) is 2.74 Å². The second-order valence-electron chi connectivity index (χ2n) is 12.2. The quantitative estimate of drug-likeness (QED) is 0.235. The molecule has 0 amide bonds. The van der Waals surface area contributed by atoms with E-state index in [0.717, 1.165) is 61.6 Å². The third-order valence-electron chi connectivity index (χ3n) is 8.63. The lowest BCUT2D eigenvalue weighted by molar-refractivity contribution is 0.405. The van der Waals surface area contributed by atoms with E-state index in [2.05, 4.69) is 19.6 Å². The van der Waals surface area contributed by atoms with Crippen LogP contribution in [0, 0.1) is 11.8 Å². The van der Waals surface area contributed by atoms with Gasteiger partial charge in [-0.3, -0.25) is 0 Å². The van der Waals surface area contributed by atoms with Crippen LogP contribution in [0.2, 0.25) is 0 Å². The molecule has 2 aliphatic rings. The van der Waals surface area contributed by atoms with Crippen molar-refractivity contribution < 1.29 is 27.3 Å². The van der Waals surface area contributed by atoms with Crippen molar-refractivity contribution in [3.63, 3.8) is 0 Å². The zero-order chi connectivity index (χ0) is 35.2. The van der Waals surface area contributed by atoms with E-state index in [4.69, 9.17) is 6.85 Å². The molecule has 0 saturated heterocycles. The first kappa shape index (κ1) is 26.2. The molecule has 4 rings (SSSR count). The molecule has 0 heterocycles. The summed E-state index contributed by atoms with van der Waals surface area (Å²) in [5.41, 5.74) is 5.96. The maximum absolute atomic E-state index is 10.5. The molecule has 42 heavy (non-hydrogen) atoms. The molecular weight excluding hydrogens is 520 g/mol. The smallest absolute Gasteiger partial charge is 0.123 e. The Morgan fingerprint density at radius 3 is 1.48 bits per heavy atom. The van der Waals surface area contributed by atoms with E-state index in [0.29, 0.717) is 23.1 Å². The van der Waals surface area contributed by atoms with E-state index in [1.165, 1.54) is 5.57 Å². The minimum atomic E-state index is -2.24. The fraction of sp³-hybridized carbons (Fsp3) is 0.474. The third kappa shape index (κ3) is 7.91. The molecule has 4 unspecified atom stereocenters. The first-order chi connectivity index (χ1) is 22.0. The van der Waals surface area contributed by atoms with E-state index in [9.17, 15) is 20.4 Å². The number of rotatable bonds is 8. The molecule has 4 heteroatoms. The lowest BCUT2D eigenvalue weighted by Crippen LogP contribution is -2.17. The zero-order valence-electron chi connectivity index (χ0n) is 30.9. The van der Waals surface area contributed by atoms with E-state index in [1.807, 2.05) is 26.8 Å². The molecule has 4 atom stereocenters. The Morgan fingerprint density at radius 1 is 0.762 bits per heavy atom. The molecule has 0 spiro atoms. The van der Waals surface area contributed by atoms with Gasteiger partial charge in [0.25, 0.3) is 0 Å². The van der Waals surface area contributed by atoms with Crippen molar-refractivity contribution in [2.45, 2.75) is 105 Å². The van der Waals surface area contributed by atoms with Gasteiger partial charge in [0.1, 0.15) is 23.0 Å². The molecule has 2 aromatic rings. The lowest BCUT2D eigenvalue weighted by atomic mass is 9.73. The average molecular weight is 578 g/mol. The normalized spacial score (nSPS) is 23.9. The lowest BCUT2D eigenvalue weighted by Gasteiger charge is -2.31. The number of phenols is 4. The van der Waals surface area contributed by atoms with Gasteiger partial charge in [-0.15, -0.1) is 0 Å². The number of allylic oxidation sites excluding steroid dienone is 6. The maximum Gasteiger partial charge on any atom is 0.123 e. The van der Waals surface area contributed by atoms with Crippen molar-refractivity contribution in [3.8, 4) is 23.0 Å². The Balaban J connectivity index is 0.000000256. The Bertz CT molecular complexity index is 1480. The van der Waals surface area contributed by atoms with Gasteiger partial charge in [-0.05, 0) is 113 Å². The van der Waals surface area contributed by atoms with Crippen molar-refractivity contribution in [1.29, 1.82) is 0 Å². The Kier molecular flexibility index (Phi) is 9.17. The summed E-state index contributed by atoms with van der Waals surface area (Å²) in [7, 11) is 0. The summed E-state index contributed by atoms with van der Waals surface area (Å²) in [6.07, 6.45) is 10.7. The van der Waals surface area contributed by atoms with Crippen molar-refractivity contribution >= 4 is 0 Å². The van der Waals surface area contributed by atoms with Crippen LogP contribution in [0.4, 0.5) is 0 Å². The highest BCUT2D eigenvalue weighted by Crippen LogP contribution is 2.47. The van der Waals surface area contributed by atoms with Crippen molar-refractivity contribution in [3.05, 3.63) is 94.1 Å². The number of benzene rings is 2. The van der Waals surface area contributed by atoms with E-state index in [1.54, 1.807) is 31.2 Å². The Hall–Kier alpha value is -3.40. The number of phenolic OH excluding ortho intramolecular Hbond substituents is 4. The van der Waals surface area contributed by atoms with Gasteiger partial charge in [0.2, 0.25) is 0 Å². The highest BCUT2D eigenvalue weighted by molar-refractivity contribution is 5.53. The largest absolute Gasteiger partial charge is 0.507 e. The van der Waals surface area contributed by atoms with Gasteiger partial charge in [0, 0.05) is 27.1 Å². The predicted molar refractivity (Wildman–Crippen MR) is 176 cm³/mol. The van der Waals surface area contributed by atoms with Gasteiger partial charge < -0.3 is 20.4 Å². The molecule has 228 valence electrons. The zero-order valence-corrected chi connectivity index (χ0v) is 25.9. The fourth-order valence-corrected chi connectivity index (χ4v) is 6.49. The SMILES string of the molecule is [2H]C([2H])([2H])C(=C)C1CCC(C)=CC1c1c(O)cc(CCC)cc1O.[2H]C([2H])=C(C)C1CCC(C)=CC1c1c(O)cc(CCC)cc1O. The van der Waals surface area contributed by atoms with Crippen LogP contribution in [-0.4, -0.2) is 20.4 Å². The molecule has 0 aliphatic heterocycles. The standard InChI is InChI=1S/2C19H26O2/c2*1-5-6-14-10-17(20)19(18(21)11-14)16-9-13(4)7-8-15(16)12(2)3/h2*9-11,15-16,20-21H,2,5-8H2,1,3-4H3/i3D3;2D2. The summed E-state index contributed by atoms with van der Waals surface area (Å²) in [5, 5.41) is 41.9. The number of hydrogen-bond acceptors (Lipinski definition) is 4. The van der Waals surface area contributed by atoms with Gasteiger partial charge in [-0.1, -0.05) is 74.2 Å². The fourth-order valence-electron chi connectivity index (χ4n) is 6.49. The summed E-state index contributed by atoms with van der Waals surface area (Å²) in [6.45, 7) is 11.3. The molecule has 0 bridgehead atoms. The van der Waals surface area contributed by atoms with Crippen LogP contribution >= 0.6 is 0 Å². The molecular formula is C38H52O4. The second kappa shape index (κ2) is 14.7. The topological polar surface area (TPSA) is 80.9 Å². The molecule has 0 fully saturated rings. The van der Waals surface area contributed by atoms with Crippen LogP contribution in [0.1, 0.15) is 121 Å². The van der Waals surface area contributed by atoms with Crippen molar-refractivity contribution in [2.75, 3.05) is 0 Å². The van der Waals surface area contributed by atoms with E-state index in [-0.39, 0.29) is 58.8 Å². The second-order valence-corrected chi connectivity index (χ2v) is 12.2. The third-order valence-corrected chi connectivity index (χ3v) is 8.63. The van der Waals surface area contributed by atoms with Crippen LogP contribution in [0.3, 0.4) is 0 Å². The summed E-state index contributed by atoms with van der Waals surface area (Å²) >= 11 is 0. The van der Waals surface area contributed by atoms with Gasteiger partial charge >= 0.3 is 0 Å². The minimum absolute atomic E-state index is 0.0257.